The molecule has 0 radical (unpaired) electrons. The first-order valence-electron chi connectivity index (χ1n) is 6.21. The Bertz CT molecular complexity index is 515. The Hall–Kier alpha value is -1.55. The van der Waals surface area contributed by atoms with Crippen molar-refractivity contribution in [2.45, 2.75) is 31.7 Å². The van der Waals surface area contributed by atoms with Gasteiger partial charge in [-0.05, 0) is 37.5 Å². The van der Waals surface area contributed by atoms with Crippen molar-refractivity contribution in [1.82, 2.24) is 0 Å². The number of nitro benzene ring substituents is 1. The van der Waals surface area contributed by atoms with Crippen LogP contribution in [0.25, 0.3) is 0 Å². The Kier molecular flexibility index (Phi) is 4.10. The molecular formula is C14H16ClNO3. The molecule has 1 aliphatic carbocycles. The van der Waals surface area contributed by atoms with Gasteiger partial charge < -0.3 is 4.74 Å². The van der Waals surface area contributed by atoms with Crippen molar-refractivity contribution >= 4 is 17.3 Å². The zero-order chi connectivity index (χ0) is 14.0. The van der Waals surface area contributed by atoms with Crippen LogP contribution in [0, 0.1) is 23.0 Å². The third kappa shape index (κ3) is 3.26. The number of nitrogens with zero attached hydrogens (tertiary/aromatic N) is 1. The highest BCUT2D eigenvalue weighted by Gasteiger charge is 2.24. The van der Waals surface area contributed by atoms with Crippen molar-refractivity contribution in [2.24, 2.45) is 5.92 Å². The first-order chi connectivity index (χ1) is 8.97. The quantitative estimate of drug-likeness (QED) is 0.366. The molecule has 0 aliphatic heterocycles. The number of nitro groups is 1. The van der Waals surface area contributed by atoms with Gasteiger partial charge >= 0.3 is 0 Å². The van der Waals surface area contributed by atoms with Gasteiger partial charge in [-0.2, -0.15) is 0 Å². The van der Waals surface area contributed by atoms with Crippen LogP contribution in [-0.2, 0) is 0 Å². The van der Waals surface area contributed by atoms with E-state index in [1.165, 1.54) is 6.07 Å². The first-order valence-corrected chi connectivity index (χ1v) is 6.65. The summed E-state index contributed by atoms with van der Waals surface area (Å²) in [5.74, 6) is 1.07. The van der Waals surface area contributed by atoms with Crippen molar-refractivity contribution < 1.29 is 9.66 Å². The molecule has 0 bridgehead atoms. The minimum Gasteiger partial charge on any atom is -0.485 e. The lowest BCUT2D eigenvalue weighted by Crippen LogP contribution is -2.30. The molecule has 102 valence electrons. The Labute approximate surface area is 117 Å². The SMILES string of the molecule is Cc1cc(OC2C=CC(C)CC2Cl)ccc1[N+](=O)[O-]. The van der Waals surface area contributed by atoms with Gasteiger partial charge in [0, 0.05) is 11.6 Å². The Morgan fingerprint density at radius 1 is 1.42 bits per heavy atom. The monoisotopic (exact) mass is 281 g/mol. The Balaban J connectivity index is 2.14. The molecule has 1 aliphatic rings. The van der Waals surface area contributed by atoms with Crippen LogP contribution in [-0.4, -0.2) is 16.4 Å². The summed E-state index contributed by atoms with van der Waals surface area (Å²) >= 11 is 6.26. The number of ether oxygens (including phenoxy) is 1. The summed E-state index contributed by atoms with van der Waals surface area (Å²) in [4.78, 5) is 10.3. The molecule has 0 N–H and O–H groups in total. The minimum atomic E-state index is -0.397. The maximum Gasteiger partial charge on any atom is 0.272 e. The summed E-state index contributed by atoms with van der Waals surface area (Å²) < 4.78 is 5.79. The minimum absolute atomic E-state index is 0.0736. The highest BCUT2D eigenvalue weighted by molar-refractivity contribution is 6.21. The van der Waals surface area contributed by atoms with E-state index in [4.69, 9.17) is 16.3 Å². The van der Waals surface area contributed by atoms with E-state index in [0.717, 1.165) is 6.42 Å². The van der Waals surface area contributed by atoms with E-state index in [1.807, 2.05) is 6.08 Å². The van der Waals surface area contributed by atoms with Crippen LogP contribution in [0.3, 0.4) is 0 Å². The lowest BCUT2D eigenvalue weighted by atomic mass is 9.95. The second kappa shape index (κ2) is 5.61. The number of allylic oxidation sites excluding steroid dienone is 1. The average molecular weight is 282 g/mol. The maximum absolute atomic E-state index is 10.7. The summed E-state index contributed by atoms with van der Waals surface area (Å²) in [5, 5.41) is 10.7. The molecule has 1 aromatic rings. The Morgan fingerprint density at radius 2 is 2.16 bits per heavy atom. The molecular weight excluding hydrogens is 266 g/mol. The summed E-state index contributed by atoms with van der Waals surface area (Å²) in [6.45, 7) is 3.81. The zero-order valence-corrected chi connectivity index (χ0v) is 11.6. The van der Waals surface area contributed by atoms with Crippen LogP contribution in [0.2, 0.25) is 0 Å². The molecule has 0 heterocycles. The summed E-state index contributed by atoms with van der Waals surface area (Å²) in [5.41, 5.74) is 0.685. The van der Waals surface area contributed by atoms with Crippen LogP contribution in [0.15, 0.2) is 30.4 Å². The lowest BCUT2D eigenvalue weighted by molar-refractivity contribution is -0.385. The molecule has 3 atom stereocenters. The third-order valence-corrected chi connectivity index (χ3v) is 3.65. The number of halogens is 1. The number of rotatable bonds is 3. The van der Waals surface area contributed by atoms with Crippen LogP contribution in [0.4, 0.5) is 5.69 Å². The van der Waals surface area contributed by atoms with E-state index in [0.29, 0.717) is 17.2 Å². The highest BCUT2D eigenvalue weighted by Crippen LogP contribution is 2.28. The average Bonchev–Trinajstić information content (AvgIpc) is 2.32. The molecule has 3 unspecified atom stereocenters. The third-order valence-electron chi connectivity index (χ3n) is 3.22. The van der Waals surface area contributed by atoms with Gasteiger partial charge in [-0.25, -0.2) is 0 Å². The van der Waals surface area contributed by atoms with Crippen molar-refractivity contribution in [3.05, 3.63) is 46.0 Å². The maximum atomic E-state index is 10.7. The predicted molar refractivity (Wildman–Crippen MR) is 74.8 cm³/mol. The lowest BCUT2D eigenvalue weighted by Gasteiger charge is -2.26. The molecule has 1 aromatic carbocycles. The number of hydrogen-bond acceptors (Lipinski definition) is 3. The van der Waals surface area contributed by atoms with Crippen LogP contribution >= 0.6 is 11.6 Å². The normalized spacial score (nSPS) is 26.2. The predicted octanol–water partition coefficient (Wildman–Crippen LogP) is 3.85. The standard InChI is InChI=1S/C14H16ClNO3/c1-9-3-6-14(12(15)7-9)19-11-4-5-13(16(17)18)10(2)8-11/h3-6,8-9,12,14H,7H2,1-2H3. The number of alkyl halides is 1. The Morgan fingerprint density at radius 3 is 2.74 bits per heavy atom. The first kappa shape index (κ1) is 13.9. The van der Waals surface area contributed by atoms with Gasteiger partial charge in [-0.3, -0.25) is 10.1 Å². The topological polar surface area (TPSA) is 52.4 Å². The second-order valence-corrected chi connectivity index (χ2v) is 5.46. The highest BCUT2D eigenvalue weighted by atomic mass is 35.5. The number of aryl methyl sites for hydroxylation is 1. The largest absolute Gasteiger partial charge is 0.485 e. The van der Waals surface area contributed by atoms with Crippen LogP contribution in [0.1, 0.15) is 18.9 Å². The fourth-order valence-corrected chi connectivity index (χ4v) is 2.58. The van der Waals surface area contributed by atoms with E-state index in [2.05, 4.69) is 13.0 Å². The van der Waals surface area contributed by atoms with Crippen LogP contribution in [0.5, 0.6) is 5.75 Å². The smallest absolute Gasteiger partial charge is 0.272 e. The fraction of sp³-hybridized carbons (Fsp3) is 0.429. The van der Waals surface area contributed by atoms with Crippen LogP contribution < -0.4 is 4.74 Å². The molecule has 5 heteroatoms. The van der Waals surface area contributed by atoms with Crippen molar-refractivity contribution in [3.63, 3.8) is 0 Å². The van der Waals surface area contributed by atoms with E-state index >= 15 is 0 Å². The number of hydrogen-bond donors (Lipinski definition) is 0. The zero-order valence-electron chi connectivity index (χ0n) is 10.9. The molecule has 19 heavy (non-hydrogen) atoms. The molecule has 2 rings (SSSR count). The van der Waals surface area contributed by atoms with E-state index in [-0.39, 0.29) is 17.2 Å². The van der Waals surface area contributed by atoms with Gasteiger partial charge in [0.1, 0.15) is 11.9 Å². The summed E-state index contributed by atoms with van der Waals surface area (Å²) in [7, 11) is 0. The molecule has 0 spiro atoms. The molecule has 0 aromatic heterocycles. The van der Waals surface area contributed by atoms with Crippen molar-refractivity contribution in [2.75, 3.05) is 0 Å². The fourth-order valence-electron chi connectivity index (χ4n) is 2.16. The van der Waals surface area contributed by atoms with E-state index in [9.17, 15) is 10.1 Å². The van der Waals surface area contributed by atoms with Gasteiger partial charge in [0.2, 0.25) is 0 Å². The molecule has 0 saturated carbocycles. The second-order valence-electron chi connectivity index (χ2n) is 4.90. The van der Waals surface area contributed by atoms with Gasteiger partial charge in [-0.1, -0.05) is 13.0 Å². The van der Waals surface area contributed by atoms with E-state index in [1.54, 1.807) is 19.1 Å². The summed E-state index contributed by atoms with van der Waals surface area (Å²) in [6, 6.07) is 4.75. The van der Waals surface area contributed by atoms with Gasteiger partial charge in [-0.15, -0.1) is 11.6 Å². The van der Waals surface area contributed by atoms with Gasteiger partial charge in [0.05, 0.1) is 10.3 Å². The molecule has 0 saturated heterocycles. The summed E-state index contributed by atoms with van der Waals surface area (Å²) in [6.07, 6.45) is 4.73. The molecule has 0 amide bonds. The molecule has 0 fully saturated rings. The van der Waals surface area contributed by atoms with Crippen molar-refractivity contribution in [1.29, 1.82) is 0 Å². The van der Waals surface area contributed by atoms with E-state index < -0.39 is 4.92 Å². The van der Waals surface area contributed by atoms with Gasteiger partial charge in [0.15, 0.2) is 0 Å². The molecule has 4 nitrogen and oxygen atoms in total. The number of benzene rings is 1. The van der Waals surface area contributed by atoms with Crippen molar-refractivity contribution in [3.8, 4) is 5.75 Å². The van der Waals surface area contributed by atoms with Gasteiger partial charge in [0.25, 0.3) is 5.69 Å².